The van der Waals surface area contributed by atoms with Gasteiger partial charge in [-0.25, -0.2) is 4.39 Å². The van der Waals surface area contributed by atoms with E-state index < -0.39 is 6.17 Å². The third-order valence-corrected chi connectivity index (χ3v) is 5.60. The zero-order valence-corrected chi connectivity index (χ0v) is 12.2. The molecule has 2 saturated heterocycles. The van der Waals surface area contributed by atoms with Gasteiger partial charge in [0.2, 0.25) is 0 Å². The summed E-state index contributed by atoms with van der Waals surface area (Å²) in [5.74, 6) is 0.871. The molecule has 0 bridgehead atoms. The lowest BCUT2D eigenvalue weighted by Crippen LogP contribution is -2.26. The van der Waals surface area contributed by atoms with Crippen LogP contribution in [0.5, 0.6) is 0 Å². The third kappa shape index (κ3) is 1.86. The molecule has 0 radical (unpaired) electrons. The minimum absolute atomic E-state index is 0.447. The molecule has 0 spiro atoms. The molecule has 108 valence electrons. The van der Waals surface area contributed by atoms with Crippen molar-refractivity contribution in [2.24, 2.45) is 5.92 Å². The highest BCUT2D eigenvalue weighted by Crippen LogP contribution is 2.59. The lowest BCUT2D eigenvalue weighted by molar-refractivity contribution is 0.314. The van der Waals surface area contributed by atoms with E-state index in [4.69, 9.17) is 0 Å². The predicted molar refractivity (Wildman–Crippen MR) is 80.1 cm³/mol. The van der Waals surface area contributed by atoms with Crippen LogP contribution in [0.4, 0.5) is 10.1 Å². The van der Waals surface area contributed by atoms with E-state index in [0.29, 0.717) is 18.4 Å². The first kappa shape index (κ1) is 12.6. The molecule has 4 rings (SSSR count). The number of benzene rings is 1. The smallest absolute Gasteiger partial charge is 0.119 e. The Hall–Kier alpha value is -1.09. The van der Waals surface area contributed by atoms with Gasteiger partial charge in [-0.15, -0.1) is 0 Å². The van der Waals surface area contributed by atoms with Crippen LogP contribution in [0.15, 0.2) is 24.3 Å². The molecule has 2 aliphatic heterocycles. The van der Waals surface area contributed by atoms with Crippen LogP contribution in [-0.2, 0) is 5.41 Å². The van der Waals surface area contributed by atoms with Gasteiger partial charge in [0.15, 0.2) is 0 Å². The summed E-state index contributed by atoms with van der Waals surface area (Å²) in [7, 11) is 0. The van der Waals surface area contributed by atoms with E-state index in [2.05, 4.69) is 41.0 Å². The van der Waals surface area contributed by atoms with Crippen LogP contribution in [-0.4, -0.2) is 43.8 Å². The molecule has 3 heteroatoms. The molecule has 1 saturated carbocycles. The van der Waals surface area contributed by atoms with E-state index in [1.807, 2.05) is 0 Å². The summed E-state index contributed by atoms with van der Waals surface area (Å²) < 4.78 is 13.3. The van der Waals surface area contributed by atoms with Crippen LogP contribution in [0.25, 0.3) is 0 Å². The van der Waals surface area contributed by atoms with Gasteiger partial charge < -0.3 is 9.80 Å². The number of fused-ring (bicyclic) bond motifs is 1. The van der Waals surface area contributed by atoms with Crippen molar-refractivity contribution in [1.82, 2.24) is 4.90 Å². The van der Waals surface area contributed by atoms with Crippen molar-refractivity contribution in [2.75, 3.05) is 37.6 Å². The quantitative estimate of drug-likeness (QED) is 0.836. The fraction of sp³-hybridized carbons (Fsp3) is 0.647. The Bertz CT molecular complexity index is 500. The van der Waals surface area contributed by atoms with Crippen molar-refractivity contribution in [3.63, 3.8) is 0 Å². The largest absolute Gasteiger partial charge is 0.369 e. The molecule has 0 N–H and O–H groups in total. The van der Waals surface area contributed by atoms with Crippen LogP contribution >= 0.6 is 0 Å². The third-order valence-electron chi connectivity index (χ3n) is 5.60. The summed E-state index contributed by atoms with van der Waals surface area (Å²) in [5.41, 5.74) is 3.13. The molecule has 1 aliphatic carbocycles. The fourth-order valence-corrected chi connectivity index (χ4v) is 4.23. The van der Waals surface area contributed by atoms with Crippen molar-refractivity contribution in [1.29, 1.82) is 0 Å². The number of halogens is 1. The molecule has 0 amide bonds. The molecule has 1 unspecified atom stereocenters. The first-order valence-electron chi connectivity index (χ1n) is 7.93. The van der Waals surface area contributed by atoms with Crippen molar-refractivity contribution in [3.8, 4) is 0 Å². The van der Waals surface area contributed by atoms with Gasteiger partial charge >= 0.3 is 0 Å². The van der Waals surface area contributed by atoms with Crippen LogP contribution in [0.1, 0.15) is 25.3 Å². The molecular weight excluding hydrogens is 251 g/mol. The molecule has 3 atom stereocenters. The number of hydrogen-bond acceptors (Lipinski definition) is 2. The Morgan fingerprint density at radius 2 is 2.05 bits per heavy atom. The minimum Gasteiger partial charge on any atom is -0.369 e. The summed E-state index contributed by atoms with van der Waals surface area (Å²) in [5, 5.41) is 0. The Kier molecular flexibility index (Phi) is 2.81. The number of hydrogen-bond donors (Lipinski definition) is 0. The molecule has 2 heterocycles. The van der Waals surface area contributed by atoms with E-state index >= 15 is 0 Å². The number of likely N-dealkylation sites (tertiary alicyclic amines) is 1. The van der Waals surface area contributed by atoms with Gasteiger partial charge in [0.1, 0.15) is 6.17 Å². The fourth-order valence-electron chi connectivity index (χ4n) is 4.23. The minimum atomic E-state index is -0.644. The summed E-state index contributed by atoms with van der Waals surface area (Å²) in [4.78, 5) is 4.74. The van der Waals surface area contributed by atoms with Gasteiger partial charge in [0.25, 0.3) is 0 Å². The number of alkyl halides is 1. The molecule has 20 heavy (non-hydrogen) atoms. The monoisotopic (exact) mass is 274 g/mol. The first-order chi connectivity index (χ1) is 9.71. The summed E-state index contributed by atoms with van der Waals surface area (Å²) >= 11 is 0. The Balaban J connectivity index is 1.51. The maximum Gasteiger partial charge on any atom is 0.119 e. The summed E-state index contributed by atoms with van der Waals surface area (Å²) in [6.07, 6.45) is 1.40. The van der Waals surface area contributed by atoms with Gasteiger partial charge in [-0.1, -0.05) is 19.1 Å². The molecule has 3 aliphatic rings. The van der Waals surface area contributed by atoms with Gasteiger partial charge in [-0.2, -0.15) is 0 Å². The maximum atomic E-state index is 13.3. The normalized spacial score (nSPS) is 36.4. The zero-order valence-electron chi connectivity index (χ0n) is 12.2. The van der Waals surface area contributed by atoms with E-state index in [9.17, 15) is 4.39 Å². The Labute approximate surface area is 120 Å². The highest BCUT2D eigenvalue weighted by atomic mass is 19.1. The summed E-state index contributed by atoms with van der Waals surface area (Å²) in [6, 6.07) is 8.98. The van der Waals surface area contributed by atoms with E-state index in [1.165, 1.54) is 37.3 Å². The van der Waals surface area contributed by atoms with Crippen LogP contribution in [0.2, 0.25) is 0 Å². The van der Waals surface area contributed by atoms with Gasteiger partial charge in [0.05, 0.1) is 0 Å². The average Bonchev–Trinajstić information content (AvgIpc) is 2.85. The number of likely N-dealkylation sites (N-methyl/N-ethyl adjacent to an activating group) is 1. The lowest BCUT2D eigenvalue weighted by atomic mass is 9.95. The lowest BCUT2D eigenvalue weighted by Gasteiger charge is -2.21. The van der Waals surface area contributed by atoms with Crippen LogP contribution in [0.3, 0.4) is 0 Å². The highest BCUT2D eigenvalue weighted by Gasteiger charge is 2.60. The number of rotatable bonds is 3. The first-order valence-corrected chi connectivity index (χ1v) is 7.93. The molecule has 3 fully saturated rings. The van der Waals surface area contributed by atoms with Crippen LogP contribution < -0.4 is 4.90 Å². The van der Waals surface area contributed by atoms with E-state index in [1.54, 1.807) is 0 Å². The summed E-state index contributed by atoms with van der Waals surface area (Å²) in [6.45, 7) is 7.34. The van der Waals surface area contributed by atoms with Crippen molar-refractivity contribution >= 4 is 5.69 Å². The Morgan fingerprint density at radius 3 is 2.65 bits per heavy atom. The van der Waals surface area contributed by atoms with Crippen molar-refractivity contribution < 1.29 is 4.39 Å². The van der Waals surface area contributed by atoms with E-state index in [0.717, 1.165) is 12.5 Å². The topological polar surface area (TPSA) is 6.48 Å². The van der Waals surface area contributed by atoms with E-state index in [-0.39, 0.29) is 0 Å². The van der Waals surface area contributed by atoms with Gasteiger partial charge in [-0.3, -0.25) is 0 Å². The average molecular weight is 274 g/mol. The number of anilines is 1. The molecule has 1 aromatic carbocycles. The van der Waals surface area contributed by atoms with Gasteiger partial charge in [-0.05, 0) is 43.0 Å². The van der Waals surface area contributed by atoms with Gasteiger partial charge in [0, 0.05) is 37.3 Å². The molecular formula is C17H23FN2. The zero-order chi connectivity index (χ0) is 13.7. The Morgan fingerprint density at radius 1 is 1.25 bits per heavy atom. The maximum absolute atomic E-state index is 13.3. The standard InChI is InChI=1S/C17H23FN2/c1-2-19-10-14-9-17(14,12-19)13-3-5-16(6-4-13)20-8-7-15(18)11-20/h3-6,14-15H,2,7-12H2,1H3/t14-,15?,17+/m1/s1. The second-order valence-electron chi connectivity index (χ2n) is 6.76. The van der Waals surface area contributed by atoms with Crippen molar-refractivity contribution in [3.05, 3.63) is 29.8 Å². The highest BCUT2D eigenvalue weighted by molar-refractivity contribution is 5.51. The van der Waals surface area contributed by atoms with Crippen molar-refractivity contribution in [2.45, 2.75) is 31.4 Å². The number of nitrogens with zero attached hydrogens (tertiary/aromatic N) is 2. The SMILES string of the molecule is CCN1C[C@H]2C[C@@]2(c2ccc(N3CCC(F)C3)cc2)C1. The predicted octanol–water partition coefficient (Wildman–Crippen LogP) is 2.83. The molecule has 0 aromatic heterocycles. The second-order valence-corrected chi connectivity index (χ2v) is 6.76. The second kappa shape index (κ2) is 4.45. The molecule has 1 aromatic rings. The molecule has 2 nitrogen and oxygen atoms in total. The number of piperidine rings is 1. The van der Waals surface area contributed by atoms with Crippen LogP contribution in [0, 0.1) is 5.92 Å².